The Bertz CT molecular complexity index is 1330. The quantitative estimate of drug-likeness (QED) is 0.290. The highest BCUT2D eigenvalue weighted by atomic mass is 35.5. The number of anilines is 1. The number of hydrogen-bond acceptors (Lipinski definition) is 4. The molecule has 1 aliphatic rings. The number of carbonyl (C=O) groups excluding carboxylic acids is 1. The van der Waals surface area contributed by atoms with E-state index in [0.717, 1.165) is 60.6 Å². The summed E-state index contributed by atoms with van der Waals surface area (Å²) in [6.07, 6.45) is 1.99. The smallest absolute Gasteiger partial charge is 0.252 e. The fourth-order valence-electron chi connectivity index (χ4n) is 4.93. The predicted octanol–water partition coefficient (Wildman–Crippen LogP) is 7.12. The Morgan fingerprint density at radius 1 is 1.00 bits per heavy atom. The number of piperazine rings is 1. The second kappa shape index (κ2) is 11.2. The number of nitrogens with zero attached hydrogens (tertiary/aromatic N) is 2. The van der Waals surface area contributed by atoms with E-state index in [1.165, 1.54) is 20.5 Å². The molecule has 1 fully saturated rings. The molecule has 0 bridgehead atoms. The van der Waals surface area contributed by atoms with Gasteiger partial charge in [0.1, 0.15) is 0 Å². The van der Waals surface area contributed by atoms with Gasteiger partial charge in [-0.3, -0.25) is 9.69 Å². The minimum atomic E-state index is 0. The average Bonchev–Trinajstić information content (AvgIpc) is 3.23. The van der Waals surface area contributed by atoms with Crippen molar-refractivity contribution in [2.75, 3.05) is 31.1 Å². The molecule has 0 saturated carbocycles. The van der Waals surface area contributed by atoms with Gasteiger partial charge < -0.3 is 10.2 Å². The molecule has 0 spiro atoms. The first kappa shape index (κ1) is 25.8. The Kier molecular flexibility index (Phi) is 8.23. The predicted molar refractivity (Wildman–Crippen MR) is 153 cm³/mol. The molecule has 4 nitrogen and oxygen atoms in total. The number of fused-ring (bicyclic) bond motifs is 3. The summed E-state index contributed by atoms with van der Waals surface area (Å²) < 4.78 is 2.47. The number of amides is 1. The zero-order valence-corrected chi connectivity index (χ0v) is 22.5. The molecule has 4 aromatic rings. The summed E-state index contributed by atoms with van der Waals surface area (Å²) in [5.74, 6) is 0.00347. The van der Waals surface area contributed by atoms with Crippen LogP contribution in [0.4, 0.5) is 5.69 Å². The van der Waals surface area contributed by atoms with Crippen molar-refractivity contribution in [1.29, 1.82) is 0 Å². The van der Waals surface area contributed by atoms with Gasteiger partial charge in [0.25, 0.3) is 5.91 Å². The van der Waals surface area contributed by atoms with Crippen molar-refractivity contribution in [3.05, 3.63) is 76.8 Å². The largest absolute Gasteiger partial charge is 0.369 e. The SMILES string of the molecule is CCCC(NC(=O)c1ccc2sc3ccccc3c2c1)N1CCN(c2cccc(Cl)c2C)CC1.Cl. The number of thiophene rings is 1. The van der Waals surface area contributed by atoms with E-state index in [4.69, 9.17) is 11.6 Å². The molecule has 7 heteroatoms. The summed E-state index contributed by atoms with van der Waals surface area (Å²) in [7, 11) is 0. The number of benzene rings is 3. The zero-order valence-electron chi connectivity index (χ0n) is 20.1. The Morgan fingerprint density at radius 3 is 2.51 bits per heavy atom. The van der Waals surface area contributed by atoms with Gasteiger partial charge in [-0.05, 0) is 55.3 Å². The third-order valence-electron chi connectivity index (χ3n) is 6.83. The van der Waals surface area contributed by atoms with E-state index >= 15 is 0 Å². The molecule has 0 radical (unpaired) electrons. The molecule has 184 valence electrons. The van der Waals surface area contributed by atoms with Crippen LogP contribution < -0.4 is 10.2 Å². The Hall–Kier alpha value is -2.31. The number of halogens is 2. The van der Waals surface area contributed by atoms with Gasteiger partial charge in [-0.15, -0.1) is 23.7 Å². The first-order chi connectivity index (χ1) is 16.5. The highest BCUT2D eigenvalue weighted by Crippen LogP contribution is 2.34. The van der Waals surface area contributed by atoms with E-state index < -0.39 is 0 Å². The summed E-state index contributed by atoms with van der Waals surface area (Å²) in [5.41, 5.74) is 3.07. The molecule has 1 aliphatic heterocycles. The Morgan fingerprint density at radius 2 is 1.74 bits per heavy atom. The Balaban J connectivity index is 0.00000289. The van der Waals surface area contributed by atoms with E-state index in [0.29, 0.717) is 0 Å². The standard InChI is InChI=1S/C28H30ClN3OS.ClH/c1-3-7-27(32-16-14-31(15-17-32)24-10-6-9-23(29)19(24)2)30-28(33)20-12-13-26-22(18-20)21-8-4-5-11-25(21)34-26;/h4-6,8-13,18,27H,3,7,14-17H2,1-2H3,(H,30,33);1H. The minimum Gasteiger partial charge on any atom is -0.369 e. The van der Waals surface area contributed by atoms with Gasteiger partial charge in [-0.1, -0.05) is 49.2 Å². The van der Waals surface area contributed by atoms with Crippen LogP contribution in [0.25, 0.3) is 20.2 Å². The molecule has 1 aromatic heterocycles. The first-order valence-electron chi connectivity index (χ1n) is 12.0. The summed E-state index contributed by atoms with van der Waals surface area (Å²) in [4.78, 5) is 18.1. The van der Waals surface area contributed by atoms with E-state index in [1.807, 2.05) is 24.3 Å². The molecular weight excluding hydrogens is 497 g/mol. The van der Waals surface area contributed by atoms with Crippen LogP contribution in [0.2, 0.25) is 5.02 Å². The average molecular weight is 529 g/mol. The molecule has 2 heterocycles. The van der Waals surface area contributed by atoms with Crippen molar-refractivity contribution in [2.24, 2.45) is 0 Å². The summed E-state index contributed by atoms with van der Waals surface area (Å²) >= 11 is 8.12. The lowest BCUT2D eigenvalue weighted by molar-refractivity contribution is 0.0824. The molecular formula is C28H31Cl2N3OS. The number of carbonyl (C=O) groups is 1. The van der Waals surface area contributed by atoms with E-state index in [9.17, 15) is 4.79 Å². The van der Waals surface area contributed by atoms with Crippen LogP contribution in [0.3, 0.4) is 0 Å². The maximum absolute atomic E-state index is 13.3. The maximum Gasteiger partial charge on any atom is 0.252 e. The fraction of sp³-hybridized carbons (Fsp3) is 0.321. The highest BCUT2D eigenvalue weighted by Gasteiger charge is 2.26. The van der Waals surface area contributed by atoms with Crippen LogP contribution in [-0.2, 0) is 0 Å². The van der Waals surface area contributed by atoms with Gasteiger partial charge in [0.05, 0.1) is 6.17 Å². The molecule has 35 heavy (non-hydrogen) atoms. The molecule has 3 aromatic carbocycles. The minimum absolute atomic E-state index is 0. The molecule has 1 saturated heterocycles. The van der Waals surface area contributed by atoms with Crippen LogP contribution in [-0.4, -0.2) is 43.2 Å². The molecule has 5 rings (SSSR count). The lowest BCUT2D eigenvalue weighted by atomic mass is 10.1. The van der Waals surface area contributed by atoms with Crippen molar-refractivity contribution in [1.82, 2.24) is 10.2 Å². The van der Waals surface area contributed by atoms with Gasteiger partial charge in [-0.25, -0.2) is 0 Å². The van der Waals surface area contributed by atoms with Gasteiger partial charge in [0, 0.05) is 62.6 Å². The summed E-state index contributed by atoms with van der Waals surface area (Å²) in [6.45, 7) is 7.91. The number of hydrogen-bond donors (Lipinski definition) is 1. The van der Waals surface area contributed by atoms with E-state index in [1.54, 1.807) is 11.3 Å². The molecule has 1 amide bonds. The van der Waals surface area contributed by atoms with Gasteiger partial charge in [0.2, 0.25) is 0 Å². The van der Waals surface area contributed by atoms with Crippen molar-refractivity contribution >= 4 is 67.1 Å². The second-order valence-corrected chi connectivity index (χ2v) is 10.5. The zero-order chi connectivity index (χ0) is 23.7. The van der Waals surface area contributed by atoms with Gasteiger partial charge >= 0.3 is 0 Å². The lowest BCUT2D eigenvalue weighted by Crippen LogP contribution is -2.56. The van der Waals surface area contributed by atoms with Crippen LogP contribution in [0.15, 0.2) is 60.7 Å². The normalized spacial score (nSPS) is 15.2. The van der Waals surface area contributed by atoms with Crippen molar-refractivity contribution < 1.29 is 4.79 Å². The number of rotatable bonds is 6. The molecule has 1 N–H and O–H groups in total. The molecule has 0 aliphatic carbocycles. The first-order valence-corrected chi connectivity index (χ1v) is 13.2. The van der Waals surface area contributed by atoms with Crippen LogP contribution >= 0.6 is 35.3 Å². The van der Waals surface area contributed by atoms with E-state index in [-0.39, 0.29) is 24.5 Å². The highest BCUT2D eigenvalue weighted by molar-refractivity contribution is 7.25. The van der Waals surface area contributed by atoms with E-state index in [2.05, 4.69) is 65.4 Å². The Labute approximate surface area is 222 Å². The second-order valence-electron chi connectivity index (χ2n) is 8.99. The number of nitrogens with one attached hydrogen (secondary N) is 1. The molecule has 1 atom stereocenters. The van der Waals surface area contributed by atoms with Crippen LogP contribution in [0.5, 0.6) is 0 Å². The summed E-state index contributed by atoms with van der Waals surface area (Å²) in [6, 6.07) is 20.6. The maximum atomic E-state index is 13.3. The topological polar surface area (TPSA) is 35.6 Å². The third kappa shape index (κ3) is 5.29. The van der Waals surface area contributed by atoms with Crippen LogP contribution in [0.1, 0.15) is 35.7 Å². The van der Waals surface area contributed by atoms with Gasteiger partial charge in [-0.2, -0.15) is 0 Å². The van der Waals surface area contributed by atoms with Crippen molar-refractivity contribution in [3.8, 4) is 0 Å². The summed E-state index contributed by atoms with van der Waals surface area (Å²) in [5, 5.41) is 6.52. The molecule has 1 unspecified atom stereocenters. The monoisotopic (exact) mass is 527 g/mol. The van der Waals surface area contributed by atoms with Crippen molar-refractivity contribution in [2.45, 2.75) is 32.9 Å². The van der Waals surface area contributed by atoms with Crippen LogP contribution in [0, 0.1) is 6.92 Å². The van der Waals surface area contributed by atoms with Crippen molar-refractivity contribution in [3.63, 3.8) is 0 Å². The van der Waals surface area contributed by atoms with Gasteiger partial charge in [0.15, 0.2) is 0 Å². The lowest BCUT2D eigenvalue weighted by Gasteiger charge is -2.41. The third-order valence-corrected chi connectivity index (χ3v) is 8.39. The fourth-order valence-corrected chi connectivity index (χ4v) is 6.19.